The number of aryl methyl sites for hydroxylation is 1. The summed E-state index contributed by atoms with van der Waals surface area (Å²) in [5.41, 5.74) is 2.70. The van der Waals surface area contributed by atoms with E-state index < -0.39 is 0 Å². The molecule has 3 heterocycles. The Morgan fingerprint density at radius 3 is 1.25 bits per heavy atom. The Labute approximate surface area is 321 Å². The highest BCUT2D eigenvalue weighted by molar-refractivity contribution is 5.79. The summed E-state index contributed by atoms with van der Waals surface area (Å²) in [5.74, 6) is 1.92. The molecule has 0 spiro atoms. The molecule has 9 heteroatoms. The number of ketones is 3. The lowest BCUT2D eigenvalue weighted by Gasteiger charge is -2.34. The van der Waals surface area contributed by atoms with E-state index in [1.807, 2.05) is 34.6 Å². The minimum absolute atomic E-state index is 0.155. The van der Waals surface area contributed by atoms with Gasteiger partial charge in [-0.15, -0.1) is 0 Å². The van der Waals surface area contributed by atoms with Crippen LogP contribution in [-0.4, -0.2) is 144 Å². The number of piperidine rings is 1. The van der Waals surface area contributed by atoms with Crippen LogP contribution in [0.4, 0.5) is 5.69 Å². The van der Waals surface area contributed by atoms with Crippen LogP contribution in [0, 0.1) is 12.8 Å². The molecule has 0 amide bonds. The molecule has 0 saturated carbocycles. The first-order chi connectivity index (χ1) is 24.8. The number of hydrogen-bond acceptors (Lipinski definition) is 9. The number of carbonyl (C=O) groups excluding carboxylic acids is 3. The van der Waals surface area contributed by atoms with Gasteiger partial charge in [0.15, 0.2) is 5.78 Å². The summed E-state index contributed by atoms with van der Waals surface area (Å²) in [5, 5.41) is 0. The molecule has 3 aliphatic rings. The highest BCUT2D eigenvalue weighted by Gasteiger charge is 2.13. The molecule has 0 unspecified atom stereocenters. The number of hydrogen-bond donors (Lipinski definition) is 0. The second-order valence-corrected chi connectivity index (χ2v) is 14.7. The number of benzene rings is 1. The van der Waals surface area contributed by atoms with Crippen molar-refractivity contribution < 1.29 is 19.1 Å². The van der Waals surface area contributed by atoms with Crippen molar-refractivity contribution in [2.24, 2.45) is 5.92 Å². The fourth-order valence-corrected chi connectivity index (χ4v) is 5.27. The number of nitrogens with zero attached hydrogens (tertiary/aromatic N) is 5. The van der Waals surface area contributed by atoms with Gasteiger partial charge >= 0.3 is 0 Å². The lowest BCUT2D eigenvalue weighted by atomic mass is 10.00. The molecular weight excluding hydrogens is 651 g/mol. The van der Waals surface area contributed by atoms with Crippen molar-refractivity contribution >= 4 is 23.0 Å². The topological polar surface area (TPSA) is 76.6 Å². The molecule has 0 bridgehead atoms. The summed E-state index contributed by atoms with van der Waals surface area (Å²) in [4.78, 5) is 43.3. The molecule has 52 heavy (non-hydrogen) atoms. The number of ether oxygens (including phenoxy) is 1. The van der Waals surface area contributed by atoms with Crippen LogP contribution in [0.2, 0.25) is 0 Å². The van der Waals surface area contributed by atoms with Crippen molar-refractivity contribution in [3.8, 4) is 0 Å². The van der Waals surface area contributed by atoms with Crippen molar-refractivity contribution in [3.05, 3.63) is 29.8 Å². The molecule has 9 nitrogen and oxygen atoms in total. The van der Waals surface area contributed by atoms with E-state index in [0.717, 1.165) is 57.5 Å². The molecule has 4 rings (SSSR count). The second kappa shape index (κ2) is 34.6. The van der Waals surface area contributed by atoms with Gasteiger partial charge in [0.1, 0.15) is 18.2 Å². The average Bonchev–Trinajstić information content (AvgIpc) is 3.13. The third-order valence-electron chi connectivity index (χ3n) is 9.32. The fourth-order valence-electron chi connectivity index (χ4n) is 5.27. The number of piperazine rings is 2. The van der Waals surface area contributed by atoms with Crippen molar-refractivity contribution in [2.45, 2.75) is 113 Å². The van der Waals surface area contributed by atoms with E-state index in [2.05, 4.69) is 95.5 Å². The quantitative estimate of drug-likeness (QED) is 0.230. The van der Waals surface area contributed by atoms with E-state index in [1.54, 1.807) is 0 Å². The minimum Gasteiger partial charge on any atom is -0.377 e. The number of anilines is 1. The Morgan fingerprint density at radius 1 is 0.577 bits per heavy atom. The summed E-state index contributed by atoms with van der Waals surface area (Å²) in [6.07, 6.45) is 9.37. The SMILES string of the molecule is CC1CCN(C)CC1.CCC(=O)COC.CCCC(=O)CC.CCCC(=O)CCC.CN1CCN(C)CC1.Cc1ccc(N2CCN(C)CC2)cc1. The van der Waals surface area contributed by atoms with Crippen LogP contribution in [0.5, 0.6) is 0 Å². The van der Waals surface area contributed by atoms with Crippen molar-refractivity contribution in [3.63, 3.8) is 0 Å². The lowest BCUT2D eigenvalue weighted by molar-refractivity contribution is -0.122. The van der Waals surface area contributed by atoms with Gasteiger partial charge in [-0.2, -0.15) is 0 Å². The molecule has 0 aliphatic carbocycles. The molecule has 304 valence electrons. The van der Waals surface area contributed by atoms with Crippen LogP contribution >= 0.6 is 0 Å². The van der Waals surface area contributed by atoms with E-state index in [9.17, 15) is 14.4 Å². The zero-order valence-electron chi connectivity index (χ0n) is 36.1. The fraction of sp³-hybridized carbons (Fsp3) is 0.791. The summed E-state index contributed by atoms with van der Waals surface area (Å²) in [6, 6.07) is 8.82. The number of rotatable bonds is 11. The van der Waals surface area contributed by atoms with Crippen LogP contribution in [-0.2, 0) is 19.1 Å². The zero-order chi connectivity index (χ0) is 39.7. The highest BCUT2D eigenvalue weighted by atomic mass is 16.5. The van der Waals surface area contributed by atoms with Gasteiger partial charge in [0.2, 0.25) is 0 Å². The Bertz CT molecular complexity index is 916. The van der Waals surface area contributed by atoms with E-state index in [-0.39, 0.29) is 12.4 Å². The third kappa shape index (κ3) is 31.4. The lowest BCUT2D eigenvalue weighted by Crippen LogP contribution is -2.44. The van der Waals surface area contributed by atoms with Crippen molar-refractivity contribution in [1.82, 2.24) is 19.6 Å². The van der Waals surface area contributed by atoms with Gasteiger partial charge in [0.25, 0.3) is 0 Å². The number of Topliss-reactive ketones (excluding diaryl/α,β-unsaturated/α-hetero) is 3. The van der Waals surface area contributed by atoms with Crippen molar-refractivity contribution in [1.29, 1.82) is 0 Å². The molecule has 3 saturated heterocycles. The van der Waals surface area contributed by atoms with Gasteiger partial charge in [-0.25, -0.2) is 0 Å². The maximum atomic E-state index is 10.6. The number of carbonyl (C=O) groups is 3. The van der Waals surface area contributed by atoms with Crippen molar-refractivity contribution in [2.75, 3.05) is 112 Å². The summed E-state index contributed by atoms with van der Waals surface area (Å²) >= 11 is 0. The Morgan fingerprint density at radius 2 is 0.942 bits per heavy atom. The van der Waals surface area contributed by atoms with Gasteiger partial charge in [0.05, 0.1) is 0 Å². The van der Waals surface area contributed by atoms with Crippen LogP contribution in [0.3, 0.4) is 0 Å². The van der Waals surface area contributed by atoms with Crippen LogP contribution < -0.4 is 4.90 Å². The maximum absolute atomic E-state index is 10.6. The zero-order valence-corrected chi connectivity index (χ0v) is 36.1. The van der Waals surface area contributed by atoms with Gasteiger partial charge in [0, 0.05) is 97.3 Å². The molecule has 0 N–H and O–H groups in total. The number of methoxy groups -OCH3 is 1. The van der Waals surface area contributed by atoms with E-state index >= 15 is 0 Å². The van der Waals surface area contributed by atoms with E-state index in [1.165, 1.54) is 83.6 Å². The Kier molecular flexibility index (Phi) is 34.5. The normalized spacial score (nSPS) is 16.9. The number of likely N-dealkylation sites (N-methyl/N-ethyl adjacent to an activating group) is 3. The Balaban J connectivity index is 0. The van der Waals surface area contributed by atoms with E-state index in [0.29, 0.717) is 24.4 Å². The van der Waals surface area contributed by atoms with Crippen LogP contribution in [0.15, 0.2) is 24.3 Å². The first kappa shape index (κ1) is 51.9. The predicted molar refractivity (Wildman–Crippen MR) is 224 cm³/mol. The molecule has 3 fully saturated rings. The van der Waals surface area contributed by atoms with Crippen LogP contribution in [0.1, 0.15) is 111 Å². The highest BCUT2D eigenvalue weighted by Crippen LogP contribution is 2.16. The van der Waals surface area contributed by atoms with Gasteiger partial charge in [-0.1, -0.05) is 59.2 Å². The minimum atomic E-state index is 0.155. The third-order valence-corrected chi connectivity index (χ3v) is 9.32. The maximum Gasteiger partial charge on any atom is 0.158 e. The largest absolute Gasteiger partial charge is 0.377 e. The molecule has 0 aromatic heterocycles. The van der Waals surface area contributed by atoms with Crippen LogP contribution in [0.25, 0.3) is 0 Å². The van der Waals surface area contributed by atoms with Gasteiger partial charge in [-0.05, 0) is 98.4 Å². The summed E-state index contributed by atoms with van der Waals surface area (Å²) < 4.78 is 4.54. The second-order valence-electron chi connectivity index (χ2n) is 14.7. The monoisotopic (exact) mass is 734 g/mol. The predicted octanol–water partition coefficient (Wildman–Crippen LogP) is 7.49. The molecule has 1 aromatic carbocycles. The molecule has 0 radical (unpaired) electrons. The molecule has 1 aromatic rings. The smallest absolute Gasteiger partial charge is 0.158 e. The molecule has 3 aliphatic heterocycles. The molecular formula is C43H83N5O4. The first-order valence-corrected chi connectivity index (χ1v) is 20.4. The summed E-state index contributed by atoms with van der Waals surface area (Å²) in [7, 11) is 10.3. The van der Waals surface area contributed by atoms with Gasteiger partial charge < -0.3 is 29.2 Å². The standard InChI is InChI=1S/C12H18N2.C7H15N.C7H14O.C6H14N2.C6H12O.C5H10O2/c1-11-3-5-12(6-4-11)14-9-7-13(2)8-10-14;1-7-3-5-8(2)6-4-7;1-3-5-7(8)6-4-2;1-7-3-5-8(2)6-4-7;1-3-5-6(7)4-2;1-3-5(6)4-7-2/h3-6H,7-10H2,1-2H3;7H,3-6H2,1-2H3;2*3-6H2,1-2H3;3-5H2,1-2H3;3-4H2,1-2H3. The van der Waals surface area contributed by atoms with E-state index in [4.69, 9.17) is 0 Å². The average molecular weight is 734 g/mol. The Hall–Kier alpha value is -2.17. The van der Waals surface area contributed by atoms with Gasteiger partial charge in [-0.3, -0.25) is 14.4 Å². The molecule has 0 atom stereocenters. The number of likely N-dealkylation sites (tertiary alicyclic amines) is 1. The first-order valence-electron chi connectivity index (χ1n) is 20.4. The summed E-state index contributed by atoms with van der Waals surface area (Å²) in [6.45, 7) is 26.7.